The van der Waals surface area contributed by atoms with Gasteiger partial charge in [-0.2, -0.15) is 0 Å². The number of nitrogens with zero attached hydrogens (tertiary/aromatic N) is 1. The summed E-state index contributed by atoms with van der Waals surface area (Å²) in [7, 11) is -1.54. The van der Waals surface area contributed by atoms with Crippen LogP contribution in [0, 0.1) is 5.92 Å². The highest BCUT2D eigenvalue weighted by molar-refractivity contribution is 7.89. The molecule has 0 aliphatic heterocycles. The lowest BCUT2D eigenvalue weighted by atomic mass is 10.2. The SMILES string of the molecule is CC(C)NCc1cc(S(=O)(=O)NC(C)CC2CC2)cn1C. The fourth-order valence-electron chi connectivity index (χ4n) is 2.44. The fraction of sp³-hybridized carbons (Fsp3) is 0.733. The van der Waals surface area contributed by atoms with Crippen LogP contribution in [0.15, 0.2) is 17.2 Å². The van der Waals surface area contributed by atoms with Gasteiger partial charge in [0.2, 0.25) is 10.0 Å². The van der Waals surface area contributed by atoms with Crippen molar-refractivity contribution in [3.05, 3.63) is 18.0 Å². The molecule has 1 aromatic heterocycles. The van der Waals surface area contributed by atoms with Gasteiger partial charge in [0, 0.05) is 37.6 Å². The number of hydrogen-bond acceptors (Lipinski definition) is 3. The summed E-state index contributed by atoms with van der Waals surface area (Å²) in [6, 6.07) is 2.12. The zero-order chi connectivity index (χ0) is 15.6. The summed E-state index contributed by atoms with van der Waals surface area (Å²) < 4.78 is 29.5. The van der Waals surface area contributed by atoms with Crippen LogP contribution in [-0.2, 0) is 23.6 Å². The fourth-order valence-corrected chi connectivity index (χ4v) is 3.79. The van der Waals surface area contributed by atoms with E-state index in [1.165, 1.54) is 12.8 Å². The first-order chi connectivity index (χ1) is 9.78. The average molecular weight is 313 g/mol. The molecule has 2 N–H and O–H groups in total. The second kappa shape index (κ2) is 6.50. The highest BCUT2D eigenvalue weighted by Gasteiger charge is 2.26. The van der Waals surface area contributed by atoms with E-state index in [-0.39, 0.29) is 6.04 Å². The average Bonchev–Trinajstić information content (AvgIpc) is 3.06. The Bertz CT molecular complexity index is 574. The van der Waals surface area contributed by atoms with E-state index in [2.05, 4.69) is 23.9 Å². The Kier molecular flexibility index (Phi) is 5.11. The third-order valence-electron chi connectivity index (χ3n) is 3.82. The molecular weight excluding hydrogens is 286 g/mol. The van der Waals surface area contributed by atoms with E-state index in [4.69, 9.17) is 0 Å². The van der Waals surface area contributed by atoms with Crippen molar-refractivity contribution in [2.24, 2.45) is 13.0 Å². The van der Waals surface area contributed by atoms with Gasteiger partial charge >= 0.3 is 0 Å². The second-order valence-electron chi connectivity index (χ2n) is 6.52. The molecule has 21 heavy (non-hydrogen) atoms. The summed E-state index contributed by atoms with van der Waals surface area (Å²) in [6.07, 6.45) is 5.10. The predicted molar refractivity (Wildman–Crippen MR) is 84.5 cm³/mol. The molecule has 1 unspecified atom stereocenters. The standard InChI is InChI=1S/C15H27N3O2S/c1-11(2)16-9-14-8-15(10-18(14)4)21(19,20)17-12(3)7-13-5-6-13/h8,10-13,16-17H,5-7,9H2,1-4H3. The molecule has 120 valence electrons. The van der Waals surface area contributed by atoms with E-state index in [0.717, 1.165) is 12.1 Å². The summed E-state index contributed by atoms with van der Waals surface area (Å²) in [5.74, 6) is 0.712. The van der Waals surface area contributed by atoms with Crippen LogP contribution in [0.5, 0.6) is 0 Å². The first kappa shape index (κ1) is 16.5. The van der Waals surface area contributed by atoms with Crippen LogP contribution >= 0.6 is 0 Å². The van der Waals surface area contributed by atoms with Gasteiger partial charge in [0.15, 0.2) is 0 Å². The minimum Gasteiger partial charge on any atom is -0.352 e. The molecule has 0 aromatic carbocycles. The summed E-state index contributed by atoms with van der Waals surface area (Å²) in [6.45, 7) is 6.75. The lowest BCUT2D eigenvalue weighted by Crippen LogP contribution is -2.32. The van der Waals surface area contributed by atoms with Gasteiger partial charge < -0.3 is 9.88 Å². The molecule has 5 nitrogen and oxygen atoms in total. The van der Waals surface area contributed by atoms with Crippen molar-refractivity contribution < 1.29 is 8.42 Å². The lowest BCUT2D eigenvalue weighted by molar-refractivity contribution is 0.530. The zero-order valence-corrected chi connectivity index (χ0v) is 14.2. The van der Waals surface area contributed by atoms with E-state index in [0.29, 0.717) is 23.4 Å². The molecule has 0 spiro atoms. The van der Waals surface area contributed by atoms with Gasteiger partial charge in [0.1, 0.15) is 0 Å². The Morgan fingerprint density at radius 3 is 2.57 bits per heavy atom. The maximum Gasteiger partial charge on any atom is 0.242 e. The molecule has 1 atom stereocenters. The van der Waals surface area contributed by atoms with E-state index in [1.807, 2.05) is 18.5 Å². The highest BCUT2D eigenvalue weighted by Crippen LogP contribution is 2.33. The molecule has 1 aromatic rings. The summed E-state index contributed by atoms with van der Waals surface area (Å²) >= 11 is 0. The van der Waals surface area contributed by atoms with Gasteiger partial charge in [-0.3, -0.25) is 0 Å². The Morgan fingerprint density at radius 2 is 2.00 bits per heavy atom. The maximum atomic E-state index is 12.4. The van der Waals surface area contributed by atoms with Gasteiger partial charge in [-0.15, -0.1) is 0 Å². The highest BCUT2D eigenvalue weighted by atomic mass is 32.2. The van der Waals surface area contributed by atoms with E-state index in [9.17, 15) is 8.42 Å². The van der Waals surface area contributed by atoms with Crippen molar-refractivity contribution in [3.63, 3.8) is 0 Å². The molecule has 1 aliphatic rings. The second-order valence-corrected chi connectivity index (χ2v) is 8.23. The third kappa shape index (κ3) is 4.83. The van der Waals surface area contributed by atoms with Gasteiger partial charge in [0.05, 0.1) is 4.90 Å². The molecule has 0 amide bonds. The van der Waals surface area contributed by atoms with Crippen LogP contribution in [0.2, 0.25) is 0 Å². The number of rotatable bonds is 8. The quantitative estimate of drug-likeness (QED) is 0.771. The summed E-state index contributed by atoms with van der Waals surface area (Å²) in [5, 5.41) is 3.31. The van der Waals surface area contributed by atoms with E-state index < -0.39 is 10.0 Å². The minimum absolute atomic E-state index is 0.0000508. The number of sulfonamides is 1. The Labute approximate surface area is 128 Å². The van der Waals surface area contributed by atoms with Crippen LogP contribution in [0.25, 0.3) is 0 Å². The number of hydrogen-bond donors (Lipinski definition) is 2. The summed E-state index contributed by atoms with van der Waals surface area (Å²) in [4.78, 5) is 0.355. The van der Waals surface area contributed by atoms with Crippen LogP contribution in [0.4, 0.5) is 0 Å². The predicted octanol–water partition coefficient (Wildman–Crippen LogP) is 1.99. The van der Waals surface area contributed by atoms with Crippen molar-refractivity contribution in [1.82, 2.24) is 14.6 Å². The van der Waals surface area contributed by atoms with Crippen LogP contribution in [0.3, 0.4) is 0 Å². The maximum absolute atomic E-state index is 12.4. The van der Waals surface area contributed by atoms with E-state index >= 15 is 0 Å². The first-order valence-electron chi connectivity index (χ1n) is 7.69. The zero-order valence-electron chi connectivity index (χ0n) is 13.4. The van der Waals surface area contributed by atoms with Crippen LogP contribution in [0.1, 0.15) is 45.7 Å². The molecular formula is C15H27N3O2S. The van der Waals surface area contributed by atoms with Gasteiger partial charge in [-0.05, 0) is 25.3 Å². The number of aromatic nitrogens is 1. The van der Waals surface area contributed by atoms with E-state index in [1.54, 1.807) is 12.3 Å². The number of nitrogens with one attached hydrogen (secondary N) is 2. The minimum atomic E-state index is -3.42. The summed E-state index contributed by atoms with van der Waals surface area (Å²) in [5.41, 5.74) is 0.971. The van der Waals surface area contributed by atoms with Gasteiger partial charge in [0.25, 0.3) is 0 Å². The lowest BCUT2D eigenvalue weighted by Gasteiger charge is -2.12. The Morgan fingerprint density at radius 1 is 1.33 bits per heavy atom. The molecule has 1 heterocycles. The molecule has 1 fully saturated rings. The Balaban J connectivity index is 2.03. The molecule has 0 radical (unpaired) electrons. The molecule has 1 aliphatic carbocycles. The Hall–Kier alpha value is -0.850. The van der Waals surface area contributed by atoms with Crippen molar-refractivity contribution >= 4 is 10.0 Å². The molecule has 0 bridgehead atoms. The van der Waals surface area contributed by atoms with Crippen molar-refractivity contribution in [3.8, 4) is 0 Å². The topological polar surface area (TPSA) is 63.1 Å². The van der Waals surface area contributed by atoms with Crippen LogP contribution in [-0.4, -0.2) is 25.1 Å². The monoisotopic (exact) mass is 313 g/mol. The van der Waals surface area contributed by atoms with Crippen molar-refractivity contribution in [2.75, 3.05) is 0 Å². The van der Waals surface area contributed by atoms with Gasteiger partial charge in [-0.1, -0.05) is 26.7 Å². The van der Waals surface area contributed by atoms with Gasteiger partial charge in [-0.25, -0.2) is 13.1 Å². The van der Waals surface area contributed by atoms with Crippen molar-refractivity contribution in [1.29, 1.82) is 0 Å². The number of aryl methyl sites for hydroxylation is 1. The molecule has 6 heteroatoms. The first-order valence-corrected chi connectivity index (χ1v) is 9.17. The van der Waals surface area contributed by atoms with Crippen LogP contribution < -0.4 is 10.0 Å². The largest absolute Gasteiger partial charge is 0.352 e. The molecule has 2 rings (SSSR count). The normalized spacial score (nSPS) is 17.4. The molecule has 0 saturated heterocycles. The third-order valence-corrected chi connectivity index (χ3v) is 5.38. The smallest absolute Gasteiger partial charge is 0.242 e. The van der Waals surface area contributed by atoms with Crippen molar-refractivity contribution in [2.45, 2.75) is 63.6 Å². The molecule has 1 saturated carbocycles.